The summed E-state index contributed by atoms with van der Waals surface area (Å²) in [5.41, 5.74) is 8.32. The fourth-order valence-corrected chi connectivity index (χ4v) is 6.72. The van der Waals surface area contributed by atoms with Gasteiger partial charge in [0.05, 0.1) is 5.39 Å². The Morgan fingerprint density at radius 1 is 0.310 bits per heavy atom. The van der Waals surface area contributed by atoms with Crippen LogP contribution in [0.4, 0.5) is 0 Å². The third kappa shape index (κ3) is 3.27. The first-order chi connectivity index (χ1) is 20.9. The maximum atomic E-state index is 7.12. The Bertz CT molecular complexity index is 2390. The minimum absolute atomic E-state index is 0.831. The molecule has 42 heavy (non-hydrogen) atoms. The lowest BCUT2D eigenvalue weighted by Gasteiger charge is -2.17. The van der Waals surface area contributed by atoms with Crippen LogP contribution in [0.1, 0.15) is 0 Å². The van der Waals surface area contributed by atoms with E-state index in [1.165, 1.54) is 32.7 Å². The number of fused-ring (bicyclic) bond motifs is 7. The summed E-state index contributed by atoms with van der Waals surface area (Å²) in [4.78, 5) is 0. The van der Waals surface area contributed by atoms with E-state index in [9.17, 15) is 0 Å². The topological polar surface area (TPSA) is 26.3 Å². The lowest BCUT2D eigenvalue weighted by Crippen LogP contribution is -1.91. The third-order valence-corrected chi connectivity index (χ3v) is 8.48. The lowest BCUT2D eigenvalue weighted by molar-refractivity contribution is 0.636. The van der Waals surface area contributed by atoms with Crippen molar-refractivity contribution in [3.63, 3.8) is 0 Å². The molecule has 2 heteroatoms. The highest BCUT2D eigenvalue weighted by Crippen LogP contribution is 2.50. The smallest absolute Gasteiger partial charge is 0.147 e. The molecule has 0 unspecified atom stereocenters. The number of hydrogen-bond donors (Lipinski definition) is 0. The van der Waals surface area contributed by atoms with Gasteiger partial charge in [-0.15, -0.1) is 0 Å². The zero-order chi connectivity index (χ0) is 27.6. The second-order valence-corrected chi connectivity index (χ2v) is 10.8. The zero-order valence-corrected chi connectivity index (χ0v) is 22.7. The highest BCUT2D eigenvalue weighted by atomic mass is 16.3. The van der Waals surface area contributed by atoms with Crippen LogP contribution in [0.2, 0.25) is 0 Å². The van der Waals surface area contributed by atoms with Crippen molar-refractivity contribution in [1.82, 2.24) is 0 Å². The van der Waals surface area contributed by atoms with Gasteiger partial charge >= 0.3 is 0 Å². The molecule has 0 fully saturated rings. The summed E-state index contributed by atoms with van der Waals surface area (Å²) in [6, 6.07) is 51.2. The van der Waals surface area contributed by atoms with Crippen molar-refractivity contribution in [3.05, 3.63) is 146 Å². The maximum Gasteiger partial charge on any atom is 0.147 e. The van der Waals surface area contributed by atoms with Crippen molar-refractivity contribution in [1.29, 1.82) is 0 Å². The van der Waals surface area contributed by atoms with Crippen molar-refractivity contribution in [2.24, 2.45) is 0 Å². The number of hydrogen-bond acceptors (Lipinski definition) is 2. The van der Waals surface area contributed by atoms with Gasteiger partial charge in [-0.3, -0.25) is 0 Å². The number of furan rings is 2. The summed E-state index contributed by atoms with van der Waals surface area (Å²) in [6.07, 6.45) is 0. The first-order valence-electron chi connectivity index (χ1n) is 14.3. The van der Waals surface area contributed by atoms with Crippen molar-refractivity contribution >= 4 is 54.5 Å². The highest BCUT2D eigenvalue weighted by molar-refractivity contribution is 6.25. The fraction of sp³-hybridized carbons (Fsp3) is 0. The van der Waals surface area contributed by atoms with Gasteiger partial charge in [-0.2, -0.15) is 0 Å². The van der Waals surface area contributed by atoms with E-state index in [0.29, 0.717) is 0 Å². The second kappa shape index (κ2) is 8.95. The standard InChI is InChI=1S/C40H24O2/c1-3-13-25(14-4-1)35-27-17-7-9-19-29(27)37(30-20-10-8-18-28(30)35)40-36(26-15-5-2-6-16-26)32-23-24-34-38(39(32)42-40)31-21-11-12-22-33(31)41-34/h1-24H. The van der Waals surface area contributed by atoms with Crippen molar-refractivity contribution in [2.75, 3.05) is 0 Å². The Morgan fingerprint density at radius 3 is 1.43 bits per heavy atom. The minimum atomic E-state index is 0.831. The Morgan fingerprint density at radius 2 is 0.810 bits per heavy atom. The lowest BCUT2D eigenvalue weighted by atomic mass is 9.86. The molecule has 0 atom stereocenters. The normalized spacial score (nSPS) is 11.8. The molecule has 9 aromatic rings. The number of benzene rings is 7. The van der Waals surface area contributed by atoms with Gasteiger partial charge in [0.15, 0.2) is 0 Å². The molecule has 0 aliphatic carbocycles. The molecule has 2 nitrogen and oxygen atoms in total. The van der Waals surface area contributed by atoms with Gasteiger partial charge in [0.2, 0.25) is 0 Å². The fourth-order valence-electron chi connectivity index (χ4n) is 6.72. The molecular formula is C40H24O2. The highest BCUT2D eigenvalue weighted by Gasteiger charge is 2.25. The molecule has 0 amide bonds. The molecule has 2 aromatic heterocycles. The molecule has 0 spiro atoms. The Kier molecular flexibility index (Phi) is 4.93. The van der Waals surface area contributed by atoms with E-state index in [-0.39, 0.29) is 0 Å². The minimum Gasteiger partial charge on any atom is -0.456 e. The van der Waals surface area contributed by atoms with Crippen LogP contribution in [0.25, 0.3) is 88.0 Å². The van der Waals surface area contributed by atoms with E-state index in [1.807, 2.05) is 12.1 Å². The van der Waals surface area contributed by atoms with Gasteiger partial charge < -0.3 is 8.83 Å². The predicted octanol–water partition coefficient (Wildman–Crippen LogP) is 11.6. The largest absolute Gasteiger partial charge is 0.456 e. The van der Waals surface area contributed by atoms with Crippen LogP contribution in [-0.2, 0) is 0 Å². The predicted molar refractivity (Wildman–Crippen MR) is 175 cm³/mol. The molecule has 0 N–H and O–H groups in total. The van der Waals surface area contributed by atoms with Crippen LogP contribution in [0, 0.1) is 0 Å². The average molecular weight is 537 g/mol. The van der Waals surface area contributed by atoms with E-state index in [0.717, 1.165) is 55.4 Å². The maximum absolute atomic E-state index is 7.12. The van der Waals surface area contributed by atoms with Crippen molar-refractivity contribution < 1.29 is 8.83 Å². The summed E-state index contributed by atoms with van der Waals surface area (Å²) in [5, 5.41) is 7.90. The molecule has 0 bridgehead atoms. The van der Waals surface area contributed by atoms with Crippen LogP contribution in [0.15, 0.2) is 154 Å². The quantitative estimate of drug-likeness (QED) is 0.210. The van der Waals surface area contributed by atoms with E-state index in [2.05, 4.69) is 133 Å². The summed E-state index contributed by atoms with van der Waals surface area (Å²) >= 11 is 0. The molecule has 0 aliphatic rings. The SMILES string of the molecule is c1ccc(-c2c3ccccc3c(-c3oc4c(ccc5oc6ccccc6c54)c3-c3ccccc3)c3ccccc23)cc1. The number of rotatable bonds is 3. The molecule has 2 heterocycles. The van der Waals surface area contributed by atoms with Crippen LogP contribution in [0.3, 0.4) is 0 Å². The van der Waals surface area contributed by atoms with Crippen molar-refractivity contribution in [3.8, 4) is 33.6 Å². The van der Waals surface area contributed by atoms with Crippen LogP contribution in [0.5, 0.6) is 0 Å². The monoisotopic (exact) mass is 536 g/mol. The first kappa shape index (κ1) is 23.1. The van der Waals surface area contributed by atoms with Crippen LogP contribution >= 0.6 is 0 Å². The third-order valence-electron chi connectivity index (χ3n) is 8.48. The van der Waals surface area contributed by atoms with Crippen LogP contribution < -0.4 is 0 Å². The first-order valence-corrected chi connectivity index (χ1v) is 14.3. The number of para-hydroxylation sites is 1. The van der Waals surface area contributed by atoms with E-state index in [1.54, 1.807) is 0 Å². The molecule has 0 aliphatic heterocycles. The van der Waals surface area contributed by atoms with Gasteiger partial charge in [-0.1, -0.05) is 127 Å². The molecule has 0 saturated carbocycles. The average Bonchev–Trinajstić information content (AvgIpc) is 3.63. The molecule has 7 aromatic carbocycles. The zero-order valence-electron chi connectivity index (χ0n) is 22.7. The van der Waals surface area contributed by atoms with E-state index >= 15 is 0 Å². The van der Waals surface area contributed by atoms with Gasteiger partial charge in [0.25, 0.3) is 0 Å². The Labute approximate surface area is 242 Å². The van der Waals surface area contributed by atoms with Gasteiger partial charge in [-0.25, -0.2) is 0 Å². The molecule has 0 saturated heterocycles. The van der Waals surface area contributed by atoms with E-state index < -0.39 is 0 Å². The molecule has 0 radical (unpaired) electrons. The molecule has 9 rings (SSSR count). The molecular weight excluding hydrogens is 512 g/mol. The van der Waals surface area contributed by atoms with Gasteiger partial charge in [0, 0.05) is 21.9 Å². The summed E-state index contributed by atoms with van der Waals surface area (Å²) in [7, 11) is 0. The molecule has 196 valence electrons. The van der Waals surface area contributed by atoms with Gasteiger partial charge in [-0.05, 0) is 56.4 Å². The second-order valence-electron chi connectivity index (χ2n) is 10.8. The Hall–Kier alpha value is -5.60. The summed E-state index contributed by atoms with van der Waals surface area (Å²) in [6.45, 7) is 0. The van der Waals surface area contributed by atoms with Gasteiger partial charge in [0.1, 0.15) is 22.5 Å². The van der Waals surface area contributed by atoms with E-state index in [4.69, 9.17) is 8.83 Å². The van der Waals surface area contributed by atoms with Crippen LogP contribution in [-0.4, -0.2) is 0 Å². The van der Waals surface area contributed by atoms with Crippen molar-refractivity contribution in [2.45, 2.75) is 0 Å². The Balaban J connectivity index is 1.50. The summed E-state index contributed by atoms with van der Waals surface area (Å²) in [5.74, 6) is 0.876. The summed E-state index contributed by atoms with van der Waals surface area (Å²) < 4.78 is 13.4.